The monoisotopic (exact) mass is 308 g/mol. The second kappa shape index (κ2) is 5.53. The first kappa shape index (κ1) is 14.7. The number of carboxylic acid groups (broad SMARTS) is 1. The Balaban J connectivity index is 1.93. The molecule has 4 heteroatoms. The first-order chi connectivity index (χ1) is 10.0. The standard InChI is InChI=1S/C17H21ClO3/c1-2-11-3-5-17(9-11,16(19)20)10-13-8-14(18)7-12-4-6-21-15(12)13/h7-8,11H,2-6,9-10H2,1H3,(H,19,20). The molecule has 3 nitrogen and oxygen atoms in total. The highest BCUT2D eigenvalue weighted by molar-refractivity contribution is 6.30. The molecule has 3 rings (SSSR count). The lowest BCUT2D eigenvalue weighted by Crippen LogP contribution is -2.31. The van der Waals surface area contributed by atoms with Crippen LogP contribution in [-0.2, 0) is 17.6 Å². The minimum atomic E-state index is -0.676. The molecule has 114 valence electrons. The van der Waals surface area contributed by atoms with Gasteiger partial charge in [0.15, 0.2) is 0 Å². The van der Waals surface area contributed by atoms with Crippen molar-refractivity contribution in [3.8, 4) is 5.75 Å². The zero-order valence-electron chi connectivity index (χ0n) is 12.3. The van der Waals surface area contributed by atoms with E-state index in [9.17, 15) is 9.90 Å². The third-order valence-electron chi connectivity index (χ3n) is 5.10. The molecule has 1 fully saturated rings. The Hall–Kier alpha value is -1.22. The Morgan fingerprint density at radius 3 is 3.00 bits per heavy atom. The van der Waals surface area contributed by atoms with Crippen LogP contribution in [0.15, 0.2) is 12.1 Å². The molecular weight excluding hydrogens is 288 g/mol. The maximum Gasteiger partial charge on any atom is 0.309 e. The van der Waals surface area contributed by atoms with E-state index < -0.39 is 11.4 Å². The SMILES string of the molecule is CCC1CCC(Cc2cc(Cl)cc3c2OCC3)(C(=O)O)C1. The molecule has 1 aromatic carbocycles. The number of ether oxygens (including phenoxy) is 1. The van der Waals surface area contributed by atoms with Crippen molar-refractivity contribution in [2.24, 2.45) is 11.3 Å². The van der Waals surface area contributed by atoms with Crippen LogP contribution in [0, 0.1) is 11.3 Å². The van der Waals surface area contributed by atoms with Gasteiger partial charge in [0, 0.05) is 11.4 Å². The second-order valence-corrected chi connectivity index (χ2v) is 6.87. The average Bonchev–Trinajstić information content (AvgIpc) is 3.05. The summed E-state index contributed by atoms with van der Waals surface area (Å²) >= 11 is 6.19. The Morgan fingerprint density at radius 2 is 2.33 bits per heavy atom. The minimum Gasteiger partial charge on any atom is -0.493 e. The Bertz CT molecular complexity index is 569. The van der Waals surface area contributed by atoms with Crippen molar-refractivity contribution in [1.82, 2.24) is 0 Å². The summed E-state index contributed by atoms with van der Waals surface area (Å²) in [5.74, 6) is 0.722. The summed E-state index contributed by atoms with van der Waals surface area (Å²) in [7, 11) is 0. The molecule has 0 spiro atoms. The number of carboxylic acids is 1. The van der Waals surface area contributed by atoms with Crippen LogP contribution in [-0.4, -0.2) is 17.7 Å². The summed E-state index contributed by atoms with van der Waals surface area (Å²) < 4.78 is 5.72. The van der Waals surface area contributed by atoms with Crippen LogP contribution >= 0.6 is 11.6 Å². The van der Waals surface area contributed by atoms with Crippen LogP contribution in [0.3, 0.4) is 0 Å². The number of halogens is 1. The normalized spacial score (nSPS) is 27.4. The van der Waals surface area contributed by atoms with Gasteiger partial charge in [-0.05, 0) is 54.9 Å². The molecule has 0 amide bonds. The van der Waals surface area contributed by atoms with E-state index in [0.29, 0.717) is 24.0 Å². The van der Waals surface area contributed by atoms with Gasteiger partial charge in [0.05, 0.1) is 12.0 Å². The van der Waals surface area contributed by atoms with Gasteiger partial charge in [0.2, 0.25) is 0 Å². The van der Waals surface area contributed by atoms with Gasteiger partial charge >= 0.3 is 5.97 Å². The Morgan fingerprint density at radius 1 is 1.52 bits per heavy atom. The number of aliphatic carboxylic acids is 1. The number of hydrogen-bond donors (Lipinski definition) is 1. The highest BCUT2D eigenvalue weighted by Gasteiger charge is 2.45. The van der Waals surface area contributed by atoms with Crippen molar-refractivity contribution in [2.45, 2.75) is 45.4 Å². The first-order valence-corrected chi connectivity index (χ1v) is 8.09. The summed E-state index contributed by atoms with van der Waals surface area (Å²) in [6.07, 6.45) is 4.97. The zero-order valence-corrected chi connectivity index (χ0v) is 13.1. The smallest absolute Gasteiger partial charge is 0.309 e. The summed E-state index contributed by atoms with van der Waals surface area (Å²) in [6.45, 7) is 2.81. The van der Waals surface area contributed by atoms with Crippen molar-refractivity contribution in [3.63, 3.8) is 0 Å². The van der Waals surface area contributed by atoms with Gasteiger partial charge in [-0.2, -0.15) is 0 Å². The number of benzene rings is 1. The lowest BCUT2D eigenvalue weighted by Gasteiger charge is -2.25. The topological polar surface area (TPSA) is 46.5 Å². The quantitative estimate of drug-likeness (QED) is 0.911. The molecule has 1 heterocycles. The highest BCUT2D eigenvalue weighted by atomic mass is 35.5. The molecular formula is C17H21ClO3. The largest absolute Gasteiger partial charge is 0.493 e. The molecule has 0 saturated heterocycles. The molecule has 1 aromatic rings. The maximum atomic E-state index is 11.9. The molecule has 0 radical (unpaired) electrons. The van der Waals surface area contributed by atoms with E-state index in [1.165, 1.54) is 0 Å². The average molecular weight is 309 g/mol. The van der Waals surface area contributed by atoms with E-state index in [4.69, 9.17) is 16.3 Å². The van der Waals surface area contributed by atoms with Crippen molar-refractivity contribution < 1.29 is 14.6 Å². The van der Waals surface area contributed by atoms with Crippen molar-refractivity contribution >= 4 is 17.6 Å². The van der Waals surface area contributed by atoms with E-state index >= 15 is 0 Å². The number of fused-ring (bicyclic) bond motifs is 1. The fraction of sp³-hybridized carbons (Fsp3) is 0.588. The molecule has 21 heavy (non-hydrogen) atoms. The summed E-state index contributed by atoms with van der Waals surface area (Å²) in [5.41, 5.74) is 1.43. The van der Waals surface area contributed by atoms with Gasteiger partial charge in [0.25, 0.3) is 0 Å². The van der Waals surface area contributed by atoms with Crippen molar-refractivity contribution in [3.05, 3.63) is 28.3 Å². The maximum absolute atomic E-state index is 11.9. The molecule has 0 aromatic heterocycles. The molecule has 0 bridgehead atoms. The predicted octanol–water partition coefficient (Wildman–Crippen LogP) is 4.10. The predicted molar refractivity (Wildman–Crippen MR) is 82.1 cm³/mol. The van der Waals surface area contributed by atoms with Crippen LogP contribution in [0.1, 0.15) is 43.7 Å². The molecule has 1 aliphatic carbocycles. The van der Waals surface area contributed by atoms with Gasteiger partial charge < -0.3 is 9.84 Å². The zero-order chi connectivity index (χ0) is 15.0. The molecule has 2 unspecified atom stereocenters. The van der Waals surface area contributed by atoms with Crippen LogP contribution in [0.5, 0.6) is 5.75 Å². The van der Waals surface area contributed by atoms with Crippen molar-refractivity contribution in [1.29, 1.82) is 0 Å². The van der Waals surface area contributed by atoms with Gasteiger partial charge in [-0.15, -0.1) is 0 Å². The van der Waals surface area contributed by atoms with E-state index in [1.807, 2.05) is 12.1 Å². The molecule has 2 atom stereocenters. The fourth-order valence-corrected chi connectivity index (χ4v) is 4.12. The van der Waals surface area contributed by atoms with Gasteiger partial charge in [-0.25, -0.2) is 0 Å². The molecule has 1 saturated carbocycles. The van der Waals surface area contributed by atoms with Gasteiger partial charge in [-0.3, -0.25) is 4.79 Å². The van der Waals surface area contributed by atoms with E-state index in [1.54, 1.807) is 0 Å². The highest BCUT2D eigenvalue weighted by Crippen LogP contribution is 2.47. The minimum absolute atomic E-state index is 0.522. The fourth-order valence-electron chi connectivity index (χ4n) is 3.86. The number of rotatable bonds is 4. The summed E-state index contributed by atoms with van der Waals surface area (Å²) in [5, 5.41) is 10.5. The van der Waals surface area contributed by atoms with Crippen LogP contribution in [0.2, 0.25) is 5.02 Å². The van der Waals surface area contributed by atoms with Crippen LogP contribution in [0.25, 0.3) is 0 Å². The van der Waals surface area contributed by atoms with Gasteiger partial charge in [0.1, 0.15) is 5.75 Å². The molecule has 1 N–H and O–H groups in total. The third kappa shape index (κ3) is 2.64. The number of carbonyl (C=O) groups is 1. The van der Waals surface area contributed by atoms with E-state index in [2.05, 4.69) is 6.92 Å². The second-order valence-electron chi connectivity index (χ2n) is 6.43. The van der Waals surface area contributed by atoms with E-state index in [0.717, 1.165) is 49.0 Å². The third-order valence-corrected chi connectivity index (χ3v) is 5.31. The number of hydrogen-bond acceptors (Lipinski definition) is 2. The van der Waals surface area contributed by atoms with E-state index in [-0.39, 0.29) is 0 Å². The lowest BCUT2D eigenvalue weighted by atomic mass is 9.78. The van der Waals surface area contributed by atoms with Crippen molar-refractivity contribution in [2.75, 3.05) is 6.61 Å². The Labute approximate surface area is 130 Å². The molecule has 1 aliphatic heterocycles. The Kier molecular flexibility index (Phi) is 3.87. The summed E-state index contributed by atoms with van der Waals surface area (Å²) in [4.78, 5) is 11.9. The van der Waals surface area contributed by atoms with Gasteiger partial charge in [-0.1, -0.05) is 24.9 Å². The van der Waals surface area contributed by atoms with Crippen LogP contribution < -0.4 is 4.74 Å². The molecule has 2 aliphatic rings. The lowest BCUT2D eigenvalue weighted by molar-refractivity contribution is -0.148. The summed E-state index contributed by atoms with van der Waals surface area (Å²) in [6, 6.07) is 3.82. The first-order valence-electron chi connectivity index (χ1n) is 7.71. The van der Waals surface area contributed by atoms with Crippen LogP contribution in [0.4, 0.5) is 0 Å².